The number of piperidine rings is 1. The van der Waals surface area contributed by atoms with Gasteiger partial charge in [0.2, 0.25) is 17.7 Å². The van der Waals surface area contributed by atoms with Gasteiger partial charge in [0, 0.05) is 38.8 Å². The molecule has 138 valence electrons. The van der Waals surface area contributed by atoms with Crippen molar-refractivity contribution in [2.75, 3.05) is 13.6 Å². The van der Waals surface area contributed by atoms with Crippen molar-refractivity contribution < 1.29 is 14.1 Å². The number of carbonyl (C=O) groups excluding carboxylic acids is 2. The molecule has 0 aromatic carbocycles. The van der Waals surface area contributed by atoms with Crippen LogP contribution in [0.3, 0.4) is 0 Å². The number of likely N-dealkylation sites (tertiary alicyclic amines) is 2. The zero-order valence-corrected chi connectivity index (χ0v) is 15.4. The molecule has 2 atom stereocenters. The lowest BCUT2D eigenvalue weighted by Crippen LogP contribution is -2.56. The molecule has 2 aliphatic heterocycles. The third kappa shape index (κ3) is 3.85. The molecule has 7 nitrogen and oxygen atoms in total. The van der Waals surface area contributed by atoms with E-state index in [4.69, 9.17) is 4.52 Å². The second-order valence-corrected chi connectivity index (χ2v) is 7.46. The summed E-state index contributed by atoms with van der Waals surface area (Å²) in [6.45, 7) is 4.80. The third-order valence-electron chi connectivity index (χ3n) is 5.40. The van der Waals surface area contributed by atoms with Gasteiger partial charge in [0.25, 0.3) is 0 Å². The number of aryl methyl sites for hydroxylation is 1. The Kier molecular flexibility index (Phi) is 5.39. The van der Waals surface area contributed by atoms with Crippen molar-refractivity contribution in [1.29, 1.82) is 0 Å². The van der Waals surface area contributed by atoms with E-state index >= 15 is 0 Å². The Morgan fingerprint density at radius 3 is 2.76 bits per heavy atom. The number of fused-ring (bicyclic) bond motifs is 1. The van der Waals surface area contributed by atoms with Crippen molar-refractivity contribution in [2.24, 2.45) is 0 Å². The van der Waals surface area contributed by atoms with Crippen molar-refractivity contribution >= 4 is 11.8 Å². The first-order valence-electron chi connectivity index (χ1n) is 9.35. The Morgan fingerprint density at radius 1 is 1.28 bits per heavy atom. The quantitative estimate of drug-likeness (QED) is 0.833. The highest BCUT2D eigenvalue weighted by atomic mass is 16.5. The molecule has 0 N–H and O–H groups in total. The lowest BCUT2D eigenvalue weighted by Gasteiger charge is -2.43. The Balaban J connectivity index is 1.63. The molecule has 2 aliphatic rings. The van der Waals surface area contributed by atoms with Crippen molar-refractivity contribution in [1.82, 2.24) is 19.9 Å². The largest absolute Gasteiger partial charge is 0.341 e. The van der Waals surface area contributed by atoms with Crippen LogP contribution in [-0.4, -0.2) is 57.4 Å². The number of hydrogen-bond donors (Lipinski definition) is 0. The molecule has 3 rings (SSSR count). The van der Waals surface area contributed by atoms with E-state index < -0.39 is 0 Å². The highest BCUT2D eigenvalue weighted by Crippen LogP contribution is 2.29. The monoisotopic (exact) mass is 348 g/mol. The minimum Gasteiger partial charge on any atom is -0.341 e. The van der Waals surface area contributed by atoms with Crippen LogP contribution in [-0.2, 0) is 16.0 Å². The molecule has 0 radical (unpaired) electrons. The highest BCUT2D eigenvalue weighted by Gasteiger charge is 2.39. The van der Waals surface area contributed by atoms with Crippen LogP contribution in [0.15, 0.2) is 4.52 Å². The Morgan fingerprint density at radius 2 is 2.04 bits per heavy atom. The predicted molar refractivity (Wildman–Crippen MR) is 91.9 cm³/mol. The molecule has 25 heavy (non-hydrogen) atoms. The highest BCUT2D eigenvalue weighted by molar-refractivity contribution is 5.78. The van der Waals surface area contributed by atoms with Gasteiger partial charge in [-0.2, -0.15) is 4.98 Å². The van der Waals surface area contributed by atoms with Crippen molar-refractivity contribution in [3.8, 4) is 0 Å². The van der Waals surface area contributed by atoms with Crippen LogP contribution >= 0.6 is 0 Å². The van der Waals surface area contributed by atoms with Crippen LogP contribution in [0, 0.1) is 0 Å². The van der Waals surface area contributed by atoms with E-state index in [1.807, 2.05) is 30.7 Å². The zero-order chi connectivity index (χ0) is 18.0. The second kappa shape index (κ2) is 7.54. The van der Waals surface area contributed by atoms with Crippen LogP contribution in [0.2, 0.25) is 0 Å². The van der Waals surface area contributed by atoms with Crippen LogP contribution in [0.5, 0.6) is 0 Å². The molecule has 2 fully saturated rings. The van der Waals surface area contributed by atoms with E-state index in [0.29, 0.717) is 31.0 Å². The summed E-state index contributed by atoms with van der Waals surface area (Å²) >= 11 is 0. The number of aromatic nitrogens is 2. The maximum absolute atomic E-state index is 12.8. The molecule has 0 unspecified atom stereocenters. The standard InChI is InChI=1S/C18H28N4O3/c1-12(2)18-19-15(25-20-18)9-10-17(24)22-11-5-7-13-14(22)6-4-8-16(23)21(13)3/h12-14H,4-11H2,1-3H3/t13-,14-/m1/s1. The molecule has 0 saturated carbocycles. The molecule has 2 saturated heterocycles. The smallest absolute Gasteiger partial charge is 0.227 e. The Bertz CT molecular complexity index is 628. The van der Waals surface area contributed by atoms with Gasteiger partial charge in [-0.1, -0.05) is 19.0 Å². The summed E-state index contributed by atoms with van der Waals surface area (Å²) in [6.07, 6.45) is 5.13. The van der Waals surface area contributed by atoms with E-state index in [9.17, 15) is 9.59 Å². The van der Waals surface area contributed by atoms with Gasteiger partial charge in [-0.3, -0.25) is 9.59 Å². The summed E-state index contributed by atoms with van der Waals surface area (Å²) in [5.74, 6) is 1.76. The summed E-state index contributed by atoms with van der Waals surface area (Å²) in [4.78, 5) is 33.1. The van der Waals surface area contributed by atoms with Crippen LogP contribution in [0.25, 0.3) is 0 Å². The molecule has 0 aliphatic carbocycles. The lowest BCUT2D eigenvalue weighted by atomic mass is 9.92. The molecule has 7 heteroatoms. The predicted octanol–water partition coefficient (Wildman–Crippen LogP) is 2.13. The Hall–Kier alpha value is -1.92. The molecule has 1 aromatic rings. The number of rotatable bonds is 4. The first-order chi connectivity index (χ1) is 12.0. The number of amides is 2. The summed E-state index contributed by atoms with van der Waals surface area (Å²) < 4.78 is 5.24. The summed E-state index contributed by atoms with van der Waals surface area (Å²) in [7, 11) is 1.88. The van der Waals surface area contributed by atoms with E-state index in [1.165, 1.54) is 0 Å². The molecule has 0 spiro atoms. The lowest BCUT2D eigenvalue weighted by molar-refractivity contribution is -0.141. The van der Waals surface area contributed by atoms with Crippen molar-refractivity contribution in [2.45, 2.75) is 76.8 Å². The van der Waals surface area contributed by atoms with Gasteiger partial charge in [-0.25, -0.2) is 0 Å². The first kappa shape index (κ1) is 17.9. The third-order valence-corrected chi connectivity index (χ3v) is 5.40. The second-order valence-electron chi connectivity index (χ2n) is 7.46. The average Bonchev–Trinajstić information content (AvgIpc) is 3.03. The number of likely N-dealkylation sites (N-methyl/N-ethyl adjacent to an activating group) is 1. The molecule has 1 aromatic heterocycles. The summed E-state index contributed by atoms with van der Waals surface area (Å²) in [6, 6.07) is 0.301. The summed E-state index contributed by atoms with van der Waals surface area (Å²) in [5, 5.41) is 3.95. The van der Waals surface area contributed by atoms with Crippen LogP contribution in [0.1, 0.15) is 70.0 Å². The minimum atomic E-state index is 0.127. The Labute approximate surface area is 148 Å². The van der Waals surface area contributed by atoms with Crippen LogP contribution in [0.4, 0.5) is 0 Å². The van der Waals surface area contributed by atoms with E-state index in [0.717, 1.165) is 32.2 Å². The number of nitrogens with zero attached hydrogens (tertiary/aromatic N) is 4. The topological polar surface area (TPSA) is 79.5 Å². The fourth-order valence-electron chi connectivity index (χ4n) is 3.93. The number of carbonyl (C=O) groups is 2. The fraction of sp³-hybridized carbons (Fsp3) is 0.778. The number of hydrogen-bond acceptors (Lipinski definition) is 5. The van der Waals surface area contributed by atoms with E-state index in [2.05, 4.69) is 10.1 Å². The van der Waals surface area contributed by atoms with Crippen molar-refractivity contribution in [3.63, 3.8) is 0 Å². The average molecular weight is 348 g/mol. The normalized spacial score (nSPS) is 24.4. The van der Waals surface area contributed by atoms with Gasteiger partial charge in [0.15, 0.2) is 5.82 Å². The van der Waals surface area contributed by atoms with Gasteiger partial charge in [0.05, 0.1) is 12.1 Å². The maximum atomic E-state index is 12.8. The molecule has 2 amide bonds. The molecule has 0 bridgehead atoms. The van der Waals surface area contributed by atoms with Gasteiger partial charge < -0.3 is 14.3 Å². The molecule has 3 heterocycles. The zero-order valence-electron chi connectivity index (χ0n) is 15.4. The SMILES string of the molecule is CC(C)c1noc(CCC(=O)N2CCC[C@@H]3[C@H]2CCCC(=O)N3C)n1. The van der Waals surface area contributed by atoms with Gasteiger partial charge in [-0.05, 0) is 25.7 Å². The van der Waals surface area contributed by atoms with Gasteiger partial charge in [0.1, 0.15) is 0 Å². The minimum absolute atomic E-state index is 0.127. The first-order valence-corrected chi connectivity index (χ1v) is 9.35. The van der Waals surface area contributed by atoms with E-state index in [1.54, 1.807) is 0 Å². The van der Waals surface area contributed by atoms with Gasteiger partial charge in [-0.15, -0.1) is 0 Å². The fourth-order valence-corrected chi connectivity index (χ4v) is 3.93. The van der Waals surface area contributed by atoms with E-state index in [-0.39, 0.29) is 29.8 Å². The van der Waals surface area contributed by atoms with Crippen molar-refractivity contribution in [3.05, 3.63) is 11.7 Å². The molecular formula is C18H28N4O3. The van der Waals surface area contributed by atoms with Gasteiger partial charge >= 0.3 is 0 Å². The molecular weight excluding hydrogens is 320 g/mol. The van der Waals surface area contributed by atoms with Crippen LogP contribution < -0.4 is 0 Å². The summed E-state index contributed by atoms with van der Waals surface area (Å²) in [5.41, 5.74) is 0. The maximum Gasteiger partial charge on any atom is 0.227 e.